The predicted octanol–water partition coefficient (Wildman–Crippen LogP) is 5.15. The summed E-state index contributed by atoms with van der Waals surface area (Å²) >= 11 is 4.24. The number of carbonyl (C=O) groups excluding carboxylic acids is 3. The number of nitrogens with zero attached hydrogens (tertiary/aromatic N) is 1. The van der Waals surface area contributed by atoms with Gasteiger partial charge in [-0.15, -0.1) is 0 Å². The first-order valence-corrected chi connectivity index (χ1v) is 11.5. The van der Waals surface area contributed by atoms with Crippen molar-refractivity contribution in [2.45, 2.75) is 20.8 Å². The summed E-state index contributed by atoms with van der Waals surface area (Å²) in [5.41, 5.74) is 3.42. The van der Waals surface area contributed by atoms with Crippen LogP contribution in [-0.4, -0.2) is 42.2 Å². The quantitative estimate of drug-likeness (QED) is 0.510. The molecule has 32 heavy (non-hydrogen) atoms. The number of hydrogen-bond donors (Lipinski definition) is 1. The van der Waals surface area contributed by atoms with Gasteiger partial charge in [0.25, 0.3) is 11.1 Å². The fourth-order valence-corrected chi connectivity index (χ4v) is 4.47. The summed E-state index contributed by atoms with van der Waals surface area (Å²) in [7, 11) is 1.52. The lowest BCUT2D eigenvalue weighted by Crippen LogP contribution is -2.36. The molecule has 1 N–H and O–H groups in total. The van der Waals surface area contributed by atoms with Gasteiger partial charge in [-0.25, -0.2) is 0 Å². The van der Waals surface area contributed by atoms with Gasteiger partial charge in [-0.05, 0) is 95.5 Å². The molecule has 7 nitrogen and oxygen atoms in total. The van der Waals surface area contributed by atoms with Gasteiger partial charge in [0.1, 0.15) is 6.54 Å². The molecule has 0 aliphatic carbocycles. The monoisotopic (exact) mass is 518 g/mol. The Hall–Kier alpha value is -2.78. The molecule has 9 heteroatoms. The number of halogens is 1. The zero-order valence-electron chi connectivity index (χ0n) is 18.2. The van der Waals surface area contributed by atoms with Gasteiger partial charge < -0.3 is 14.8 Å². The molecule has 3 rings (SSSR count). The van der Waals surface area contributed by atoms with Crippen molar-refractivity contribution in [1.82, 2.24) is 4.90 Å². The number of benzene rings is 2. The number of imide groups is 1. The first-order valence-electron chi connectivity index (χ1n) is 9.86. The zero-order valence-corrected chi connectivity index (χ0v) is 20.6. The highest BCUT2D eigenvalue weighted by Crippen LogP contribution is 2.39. The molecule has 0 spiro atoms. The Morgan fingerprint density at radius 2 is 1.94 bits per heavy atom. The molecule has 0 aromatic heterocycles. The number of amides is 3. The highest BCUT2D eigenvalue weighted by molar-refractivity contribution is 9.10. The summed E-state index contributed by atoms with van der Waals surface area (Å²) in [6.07, 6.45) is 1.59. The summed E-state index contributed by atoms with van der Waals surface area (Å²) in [6.45, 7) is 5.90. The van der Waals surface area contributed by atoms with E-state index in [0.717, 1.165) is 27.8 Å². The van der Waals surface area contributed by atoms with Crippen LogP contribution in [0.3, 0.4) is 0 Å². The molecule has 1 aliphatic rings. The fraction of sp³-hybridized carbons (Fsp3) is 0.261. The summed E-state index contributed by atoms with van der Waals surface area (Å²) in [5, 5.41) is 2.24. The lowest BCUT2D eigenvalue weighted by Gasteiger charge is -2.13. The second kappa shape index (κ2) is 10.2. The van der Waals surface area contributed by atoms with Crippen LogP contribution in [0.2, 0.25) is 0 Å². The Kier molecular flexibility index (Phi) is 7.63. The van der Waals surface area contributed by atoms with E-state index >= 15 is 0 Å². The Labute approximate surface area is 199 Å². The minimum atomic E-state index is -0.515. The summed E-state index contributed by atoms with van der Waals surface area (Å²) in [5.74, 6) is 0.101. The number of ether oxygens (including phenoxy) is 2. The number of carbonyl (C=O) groups is 3. The molecule has 0 atom stereocenters. The van der Waals surface area contributed by atoms with Gasteiger partial charge in [0.05, 0.1) is 23.1 Å². The maximum Gasteiger partial charge on any atom is 0.294 e. The fourth-order valence-electron chi connectivity index (χ4n) is 3.06. The van der Waals surface area contributed by atoms with Gasteiger partial charge in [-0.2, -0.15) is 0 Å². The van der Waals surface area contributed by atoms with Crippen LogP contribution in [0.1, 0.15) is 23.6 Å². The molecule has 0 saturated carbocycles. The van der Waals surface area contributed by atoms with Crippen molar-refractivity contribution in [3.8, 4) is 11.5 Å². The average Bonchev–Trinajstić information content (AvgIpc) is 2.99. The van der Waals surface area contributed by atoms with Gasteiger partial charge in [0.15, 0.2) is 11.5 Å². The van der Waals surface area contributed by atoms with E-state index in [9.17, 15) is 14.4 Å². The van der Waals surface area contributed by atoms with Crippen LogP contribution in [0, 0.1) is 13.8 Å². The second-order valence-electron chi connectivity index (χ2n) is 7.08. The second-order valence-corrected chi connectivity index (χ2v) is 8.93. The molecule has 1 saturated heterocycles. The normalized spacial score (nSPS) is 14.8. The molecule has 1 aliphatic heterocycles. The third-order valence-electron chi connectivity index (χ3n) is 4.80. The van der Waals surface area contributed by atoms with E-state index in [4.69, 9.17) is 9.47 Å². The van der Waals surface area contributed by atoms with E-state index < -0.39 is 17.1 Å². The van der Waals surface area contributed by atoms with Crippen molar-refractivity contribution in [2.24, 2.45) is 0 Å². The standard InChI is InChI=1S/C23H23BrN2O5S/c1-5-31-21-17(24)9-15(10-18(21)30-4)11-19-22(28)26(23(29)32-19)12-20(27)25-16-7-6-13(2)14(3)8-16/h6-11H,5,12H2,1-4H3,(H,25,27)/b19-11+. The zero-order chi connectivity index (χ0) is 23.4. The molecular formula is C23H23BrN2O5S. The molecular weight excluding hydrogens is 496 g/mol. The Morgan fingerprint density at radius 3 is 2.59 bits per heavy atom. The highest BCUT2D eigenvalue weighted by atomic mass is 79.9. The minimum absolute atomic E-state index is 0.229. The SMILES string of the molecule is CCOc1c(Br)cc(/C=C2/SC(=O)N(CC(=O)Nc3ccc(C)c(C)c3)C2=O)cc1OC. The number of nitrogens with one attached hydrogen (secondary N) is 1. The summed E-state index contributed by atoms with van der Waals surface area (Å²) in [4.78, 5) is 38.8. The predicted molar refractivity (Wildman–Crippen MR) is 129 cm³/mol. The van der Waals surface area contributed by atoms with E-state index in [-0.39, 0.29) is 11.4 Å². The number of thioether (sulfide) groups is 1. The molecule has 1 fully saturated rings. The average molecular weight is 519 g/mol. The Morgan fingerprint density at radius 1 is 1.19 bits per heavy atom. The van der Waals surface area contributed by atoms with Crippen LogP contribution in [0.4, 0.5) is 10.5 Å². The molecule has 2 aromatic carbocycles. The molecule has 168 valence electrons. The van der Waals surface area contributed by atoms with Gasteiger partial charge >= 0.3 is 0 Å². The smallest absolute Gasteiger partial charge is 0.294 e. The number of hydrogen-bond acceptors (Lipinski definition) is 6. The third kappa shape index (κ3) is 5.34. The molecule has 0 unspecified atom stereocenters. The van der Waals surface area contributed by atoms with Crippen LogP contribution < -0.4 is 14.8 Å². The largest absolute Gasteiger partial charge is 0.493 e. The minimum Gasteiger partial charge on any atom is -0.493 e. The van der Waals surface area contributed by atoms with E-state index in [1.54, 1.807) is 24.3 Å². The van der Waals surface area contributed by atoms with Gasteiger partial charge in [0.2, 0.25) is 5.91 Å². The van der Waals surface area contributed by atoms with Crippen LogP contribution >= 0.6 is 27.7 Å². The van der Waals surface area contributed by atoms with E-state index in [1.807, 2.05) is 32.9 Å². The van der Waals surface area contributed by atoms with Crippen LogP contribution in [0.25, 0.3) is 6.08 Å². The van der Waals surface area contributed by atoms with Crippen molar-refractivity contribution < 1.29 is 23.9 Å². The van der Waals surface area contributed by atoms with Crippen molar-refractivity contribution in [3.63, 3.8) is 0 Å². The van der Waals surface area contributed by atoms with Crippen LogP contribution in [0.15, 0.2) is 39.7 Å². The van der Waals surface area contributed by atoms with Gasteiger partial charge in [-0.3, -0.25) is 19.3 Å². The molecule has 0 bridgehead atoms. The maximum atomic E-state index is 12.8. The molecule has 3 amide bonds. The van der Waals surface area contributed by atoms with Gasteiger partial charge in [0, 0.05) is 5.69 Å². The Bertz CT molecular complexity index is 1120. The van der Waals surface area contributed by atoms with E-state index in [2.05, 4.69) is 21.2 Å². The first-order chi connectivity index (χ1) is 15.2. The van der Waals surface area contributed by atoms with E-state index in [1.165, 1.54) is 7.11 Å². The van der Waals surface area contributed by atoms with Crippen LogP contribution in [0.5, 0.6) is 11.5 Å². The topological polar surface area (TPSA) is 84.9 Å². The highest BCUT2D eigenvalue weighted by Gasteiger charge is 2.36. The number of aryl methyl sites for hydroxylation is 2. The first kappa shape index (κ1) is 23.9. The number of anilines is 1. The van der Waals surface area contributed by atoms with Crippen molar-refractivity contribution >= 4 is 56.5 Å². The Balaban J connectivity index is 1.75. The molecule has 2 aromatic rings. The van der Waals surface area contributed by atoms with Gasteiger partial charge in [-0.1, -0.05) is 6.07 Å². The third-order valence-corrected chi connectivity index (χ3v) is 6.30. The lowest BCUT2D eigenvalue weighted by molar-refractivity contribution is -0.127. The van der Waals surface area contributed by atoms with E-state index in [0.29, 0.717) is 33.8 Å². The molecule has 0 radical (unpaired) electrons. The van der Waals surface area contributed by atoms with Crippen molar-refractivity contribution in [2.75, 3.05) is 25.6 Å². The van der Waals surface area contributed by atoms with Crippen LogP contribution in [-0.2, 0) is 9.59 Å². The summed E-state index contributed by atoms with van der Waals surface area (Å²) in [6, 6.07) is 9.02. The van der Waals surface area contributed by atoms with Crippen molar-refractivity contribution in [3.05, 3.63) is 56.4 Å². The number of rotatable bonds is 7. The number of methoxy groups -OCH3 is 1. The van der Waals surface area contributed by atoms with Crippen molar-refractivity contribution in [1.29, 1.82) is 0 Å². The molecule has 1 heterocycles. The summed E-state index contributed by atoms with van der Waals surface area (Å²) < 4.78 is 11.6. The lowest BCUT2D eigenvalue weighted by atomic mass is 10.1. The maximum absolute atomic E-state index is 12.8.